The molecule has 0 aromatic rings. The van der Waals surface area contributed by atoms with Gasteiger partial charge in [0.05, 0.1) is 52.9 Å². The minimum atomic E-state index is -2.02. The second kappa shape index (κ2) is 24.8. The van der Waals surface area contributed by atoms with Crippen LogP contribution in [0.4, 0.5) is 0 Å². The van der Waals surface area contributed by atoms with E-state index in [9.17, 15) is 91.9 Å². The van der Waals surface area contributed by atoms with Gasteiger partial charge in [-0.3, -0.25) is 0 Å². The minimum Gasteiger partial charge on any atom is -0.394 e. The van der Waals surface area contributed by atoms with Gasteiger partial charge in [0.25, 0.3) is 0 Å². The molecule has 0 spiro atoms. The van der Waals surface area contributed by atoms with Crippen LogP contribution in [0.1, 0.15) is 0 Å². The van der Waals surface area contributed by atoms with Gasteiger partial charge < -0.3 is 163 Å². The number of ether oxygens (including phenoxy) is 15. The van der Waals surface area contributed by atoms with Crippen LogP contribution in [0.25, 0.3) is 0 Å². The Balaban J connectivity index is 0.905. The molecule has 0 radical (unpaired) electrons. The van der Waals surface area contributed by atoms with Gasteiger partial charge >= 0.3 is 0 Å². The molecule has 0 saturated carbocycles. The van der Waals surface area contributed by atoms with Gasteiger partial charge in [-0.15, -0.1) is 0 Å². The summed E-state index contributed by atoms with van der Waals surface area (Å²) in [5.41, 5.74) is 0. The molecule has 8 rings (SSSR count). The molecular weight excluding hydrogens is 1010 g/mol. The zero-order valence-electron chi connectivity index (χ0n) is 38.3. The first-order valence-electron chi connectivity index (χ1n) is 23.4. The molecule has 0 aromatic heterocycles. The molecule has 32 atom stereocenters. The smallest absolute Gasteiger partial charge is 0.187 e. The Bertz CT molecular complexity index is 1710. The highest BCUT2D eigenvalue weighted by molar-refractivity contribution is 4.97. The monoisotopic (exact) mass is 1070 g/mol. The summed E-state index contributed by atoms with van der Waals surface area (Å²) in [6.45, 7) is -4.73. The first-order valence-corrected chi connectivity index (χ1v) is 23.4. The highest BCUT2D eigenvalue weighted by atomic mass is 16.8. The molecule has 18 N–H and O–H groups in total. The van der Waals surface area contributed by atoms with Crippen LogP contribution in [-0.2, 0) is 71.1 Å². The summed E-state index contributed by atoms with van der Waals surface area (Å²) < 4.78 is 84.3. The van der Waals surface area contributed by atoms with Gasteiger partial charge in [0, 0.05) is 0 Å². The normalized spacial score (nSPS) is 54.2. The van der Waals surface area contributed by atoms with Crippen LogP contribution in [0.3, 0.4) is 0 Å². The summed E-state index contributed by atoms with van der Waals surface area (Å²) in [4.78, 5) is 0. The number of hydrogen-bond donors (Lipinski definition) is 18. The Morgan fingerprint density at radius 2 is 0.575 bits per heavy atom. The third-order valence-electron chi connectivity index (χ3n) is 13.7. The number of rotatable bonds is 16. The zero-order valence-corrected chi connectivity index (χ0v) is 38.3. The molecule has 8 aliphatic rings. The van der Waals surface area contributed by atoms with E-state index in [1.165, 1.54) is 0 Å². The van der Waals surface area contributed by atoms with Gasteiger partial charge in [-0.2, -0.15) is 0 Å². The molecule has 33 nitrogen and oxygen atoms in total. The summed E-state index contributed by atoms with van der Waals surface area (Å²) in [6.07, 6.45) is -53.9. The van der Waals surface area contributed by atoms with Crippen molar-refractivity contribution < 1.29 is 163 Å². The Morgan fingerprint density at radius 3 is 0.959 bits per heavy atom. The van der Waals surface area contributed by atoms with E-state index < -0.39 is 250 Å². The van der Waals surface area contributed by atoms with E-state index in [0.29, 0.717) is 0 Å². The second-order valence-electron chi connectivity index (χ2n) is 18.7. The number of hydrogen-bond acceptors (Lipinski definition) is 33. The molecule has 0 unspecified atom stereocenters. The van der Waals surface area contributed by atoms with Crippen molar-refractivity contribution in [2.24, 2.45) is 0 Å². The molecule has 73 heavy (non-hydrogen) atoms. The van der Waals surface area contributed by atoms with Gasteiger partial charge in [-0.1, -0.05) is 0 Å². The fourth-order valence-corrected chi connectivity index (χ4v) is 9.26. The molecule has 8 aliphatic heterocycles. The van der Waals surface area contributed by atoms with E-state index in [1.54, 1.807) is 0 Å². The quantitative estimate of drug-likeness (QED) is 0.0682. The summed E-state index contributed by atoms with van der Waals surface area (Å²) in [5.74, 6) is 0. The van der Waals surface area contributed by atoms with Crippen LogP contribution in [0.5, 0.6) is 0 Å². The van der Waals surface area contributed by atoms with Gasteiger partial charge in [0.1, 0.15) is 146 Å². The van der Waals surface area contributed by atoms with Crippen molar-refractivity contribution in [1.29, 1.82) is 0 Å². The van der Waals surface area contributed by atoms with Crippen molar-refractivity contribution in [3.63, 3.8) is 0 Å². The first kappa shape index (κ1) is 57.8. The summed E-state index contributed by atoms with van der Waals surface area (Å²) in [6, 6.07) is 0. The van der Waals surface area contributed by atoms with Gasteiger partial charge in [-0.25, -0.2) is 0 Å². The molecule has 8 saturated heterocycles. The van der Waals surface area contributed by atoms with E-state index in [-0.39, 0.29) is 0 Å². The largest absolute Gasteiger partial charge is 0.394 e. The number of aliphatic hydroxyl groups is 18. The fourth-order valence-electron chi connectivity index (χ4n) is 9.26. The van der Waals surface area contributed by atoms with E-state index in [2.05, 4.69) is 0 Å². The zero-order chi connectivity index (χ0) is 52.7. The topological polar surface area (TPSA) is 503 Å². The Labute approximate surface area is 412 Å². The van der Waals surface area contributed by atoms with Gasteiger partial charge in [0.2, 0.25) is 0 Å². The average Bonchev–Trinajstić information content (AvgIpc) is 3.81. The van der Waals surface area contributed by atoms with Crippen molar-refractivity contribution in [3.05, 3.63) is 0 Å². The lowest BCUT2D eigenvalue weighted by molar-refractivity contribution is -0.377. The van der Waals surface area contributed by atoms with Crippen LogP contribution in [0, 0.1) is 0 Å². The maximum absolute atomic E-state index is 11.7. The van der Waals surface area contributed by atoms with Crippen LogP contribution >= 0.6 is 0 Å². The second-order valence-corrected chi connectivity index (χ2v) is 18.7. The molecule has 424 valence electrons. The van der Waals surface area contributed by atoms with Crippen LogP contribution in [0.2, 0.25) is 0 Å². The standard InChI is InChI=1S/C40H66O33/c41-1-10-18(45)27(54)39(65-10)72-31-15(70-34-24(51)17(44)9(43)3-60-34)7-63-37(29(31)56)69-14-6-62-36(26(53)22(14)49)71-16-8-64-38(30(57)32(16)73-40-28(55)19(46)11(2-42)66-40)68-13-5-61-35(25(52)21(13)48)67-12-4-59-33(58)23(50)20(12)47/h9-58H,1-8H2/t9-,10+,11+,12-,13-,14-,15-,16-,17+,18+,19+,20+,21+,22+,23-,24-,25-,26-,27-,28-,29-,30-,31+,32+,33-,34+,35+,36+,37+,38+,39+,40+/m1/s1. The van der Waals surface area contributed by atoms with E-state index in [4.69, 9.17) is 71.1 Å². The predicted molar refractivity (Wildman–Crippen MR) is 216 cm³/mol. The minimum absolute atomic E-state index is 0.425. The van der Waals surface area contributed by atoms with E-state index >= 15 is 0 Å². The van der Waals surface area contributed by atoms with Crippen molar-refractivity contribution in [1.82, 2.24) is 0 Å². The Hall–Kier alpha value is -1.32. The first-order chi connectivity index (χ1) is 34.7. The third kappa shape index (κ3) is 12.3. The molecule has 8 heterocycles. The fraction of sp³-hybridized carbons (Fsp3) is 1.00. The Kier molecular flexibility index (Phi) is 19.6. The molecular formula is C40H66O33. The summed E-state index contributed by atoms with van der Waals surface area (Å²) >= 11 is 0. The highest BCUT2D eigenvalue weighted by Gasteiger charge is 2.55. The van der Waals surface area contributed by atoms with Crippen LogP contribution < -0.4 is 0 Å². The maximum atomic E-state index is 11.7. The van der Waals surface area contributed by atoms with Crippen molar-refractivity contribution in [2.75, 3.05) is 52.9 Å². The number of aliphatic hydroxyl groups excluding tert-OH is 18. The lowest BCUT2D eigenvalue weighted by atomic mass is 10.0. The van der Waals surface area contributed by atoms with Crippen molar-refractivity contribution >= 4 is 0 Å². The Morgan fingerprint density at radius 1 is 0.274 bits per heavy atom. The van der Waals surface area contributed by atoms with E-state index in [1.807, 2.05) is 0 Å². The lowest BCUT2D eigenvalue weighted by Crippen LogP contribution is -2.64. The molecule has 8 fully saturated rings. The molecule has 0 aromatic carbocycles. The summed E-state index contributed by atoms with van der Waals surface area (Å²) in [7, 11) is 0. The van der Waals surface area contributed by atoms with E-state index in [0.717, 1.165) is 0 Å². The van der Waals surface area contributed by atoms with Crippen molar-refractivity contribution in [2.45, 2.75) is 197 Å². The third-order valence-corrected chi connectivity index (χ3v) is 13.7. The molecule has 0 amide bonds. The lowest BCUT2D eigenvalue weighted by Gasteiger charge is -2.46. The SMILES string of the molecule is OC[C@@H]1O[C@@H](O[C@@H]2[C@@H](O)[C@H](O[C@@H]3CO[C@@H](O[C@@H]4CO[C@@H](O[C@@H]5CO[C@@H](O[C@@H]6CO[C@@H](O)[C@H](O)[C@H]6O)[C@H](O)[C@H]5O)[C@H](O)[C@H]4O[C@@H]4O[C@@H](CO)[C@H](O)[C@H]4O)[C@H](O)[C@H]3O)OC[C@H]2O[C@@H]2OC[C@@H](O)[C@H](O)[C@H]2O)[C@H](O)[C@H]1O. The van der Waals surface area contributed by atoms with Crippen LogP contribution in [-0.4, -0.2) is 342 Å². The van der Waals surface area contributed by atoms with Crippen molar-refractivity contribution in [3.8, 4) is 0 Å². The maximum Gasteiger partial charge on any atom is 0.187 e. The summed E-state index contributed by atoms with van der Waals surface area (Å²) in [5, 5.41) is 190. The molecule has 33 heteroatoms. The molecule has 0 bridgehead atoms. The van der Waals surface area contributed by atoms with Crippen LogP contribution in [0.15, 0.2) is 0 Å². The predicted octanol–water partition coefficient (Wildman–Crippen LogP) is -13.3. The average molecular weight is 1070 g/mol. The van der Waals surface area contributed by atoms with Gasteiger partial charge in [-0.05, 0) is 0 Å². The molecule has 0 aliphatic carbocycles. The van der Waals surface area contributed by atoms with Gasteiger partial charge in [0.15, 0.2) is 50.3 Å². The highest BCUT2D eigenvalue weighted by Crippen LogP contribution is 2.35.